The van der Waals surface area contributed by atoms with Crippen molar-refractivity contribution in [1.29, 1.82) is 0 Å². The molecule has 0 radical (unpaired) electrons. The Morgan fingerprint density at radius 3 is 2.24 bits per heavy atom. The summed E-state index contributed by atoms with van der Waals surface area (Å²) in [5.74, 6) is -3.29. The van der Waals surface area contributed by atoms with Crippen LogP contribution in [-0.2, 0) is 16.3 Å². The number of fused-ring (bicyclic) bond motifs is 5. The molecule has 42 heavy (non-hydrogen) atoms. The second-order valence-electron chi connectivity index (χ2n) is 13.5. The number of phenols is 1. The molecular weight excluding hydrogens is 575 g/mol. The molecule has 0 spiro atoms. The molecule has 1 aromatic rings. The lowest BCUT2D eigenvalue weighted by atomic mass is 9.51. The normalized spacial score (nSPS) is 29.6. The van der Waals surface area contributed by atoms with Crippen LogP contribution < -0.4 is 0 Å². The van der Waals surface area contributed by atoms with Crippen LogP contribution in [0.2, 0.25) is 0 Å². The van der Waals surface area contributed by atoms with E-state index < -0.39 is 40.5 Å². The molecule has 2 saturated carbocycles. The number of rotatable bonds is 14. The summed E-state index contributed by atoms with van der Waals surface area (Å²) in [6.07, 6.45) is 4.20. The number of hydrogen-bond donors (Lipinski definition) is 2. The third-order valence-electron chi connectivity index (χ3n) is 10.7. The van der Waals surface area contributed by atoms with E-state index in [1.165, 1.54) is 11.1 Å². The lowest BCUT2D eigenvalue weighted by molar-refractivity contribution is -0.284. The number of unbranched alkanes of at least 4 members (excludes halogenated alkanes) is 6. The Bertz CT molecular complexity index is 1150. The quantitative estimate of drug-likeness (QED) is 0.162. The van der Waals surface area contributed by atoms with Crippen molar-refractivity contribution in [3.63, 3.8) is 0 Å². The Kier molecular flexibility index (Phi) is 10.6. The van der Waals surface area contributed by atoms with E-state index in [2.05, 4.69) is 13.0 Å². The van der Waals surface area contributed by atoms with E-state index in [0.29, 0.717) is 42.3 Å². The van der Waals surface area contributed by atoms with Gasteiger partial charge in [-0.05, 0) is 104 Å². The zero-order chi connectivity index (χ0) is 30.8. The Morgan fingerprint density at radius 2 is 1.55 bits per heavy atom. The molecule has 0 unspecified atom stereocenters. The van der Waals surface area contributed by atoms with Gasteiger partial charge < -0.3 is 10.2 Å². The zero-order valence-electron chi connectivity index (χ0n) is 24.6. The summed E-state index contributed by atoms with van der Waals surface area (Å²) in [7, 11) is -3.64. The number of sulfone groups is 1. The maximum atomic E-state index is 13.0. The van der Waals surface area contributed by atoms with Gasteiger partial charge >= 0.3 is 12.1 Å². The van der Waals surface area contributed by atoms with Crippen LogP contribution >= 0.6 is 0 Å². The van der Waals surface area contributed by atoms with Crippen LogP contribution in [-0.4, -0.2) is 48.3 Å². The Balaban J connectivity index is 1.17. The lowest BCUT2D eigenvalue weighted by Gasteiger charge is -2.54. The van der Waals surface area contributed by atoms with Crippen molar-refractivity contribution in [2.45, 2.75) is 127 Å². The summed E-state index contributed by atoms with van der Waals surface area (Å²) in [5, 5.41) is 21.0. The van der Waals surface area contributed by atoms with Crippen LogP contribution in [0.1, 0.15) is 114 Å². The van der Waals surface area contributed by atoms with Gasteiger partial charge in [-0.1, -0.05) is 51.5 Å². The highest BCUT2D eigenvalue weighted by molar-refractivity contribution is 7.91. The average molecular weight is 623 g/mol. The Labute approximate surface area is 247 Å². The monoisotopic (exact) mass is 622 g/mol. The van der Waals surface area contributed by atoms with Crippen LogP contribution in [0.4, 0.5) is 22.0 Å². The number of aliphatic hydroxyl groups is 1. The second kappa shape index (κ2) is 13.3. The van der Waals surface area contributed by atoms with Gasteiger partial charge in [0.05, 0.1) is 17.6 Å². The molecule has 3 aliphatic carbocycles. The molecule has 0 aromatic heterocycles. The van der Waals surface area contributed by atoms with Crippen LogP contribution in [0, 0.1) is 23.2 Å². The van der Waals surface area contributed by atoms with E-state index in [1.54, 1.807) is 0 Å². The summed E-state index contributed by atoms with van der Waals surface area (Å²) < 4.78 is 86.8. The molecule has 6 atom stereocenters. The van der Waals surface area contributed by atoms with E-state index >= 15 is 0 Å². The molecule has 0 heterocycles. The SMILES string of the molecule is C[C@]12C[C@H](CCCCCCCCCS(=O)(=O)CCCC(F)(F)C(F)(F)F)[C@@H]3c4ccc(O)cc4CC[C@H]3[C@@H]1CC[C@@H]2O. The first-order chi connectivity index (χ1) is 19.6. The highest BCUT2D eigenvalue weighted by atomic mass is 32.2. The van der Waals surface area contributed by atoms with Gasteiger partial charge in [0, 0.05) is 6.42 Å². The summed E-state index contributed by atoms with van der Waals surface area (Å²) in [4.78, 5) is 0. The minimum Gasteiger partial charge on any atom is -0.508 e. The fourth-order valence-electron chi connectivity index (χ4n) is 8.50. The van der Waals surface area contributed by atoms with Crippen molar-refractivity contribution in [2.75, 3.05) is 11.5 Å². The number of hydrogen-bond acceptors (Lipinski definition) is 4. The van der Waals surface area contributed by atoms with Crippen molar-refractivity contribution in [1.82, 2.24) is 0 Å². The predicted octanol–water partition coefficient (Wildman–Crippen LogP) is 8.35. The molecule has 0 aliphatic heterocycles. The first-order valence-electron chi connectivity index (χ1n) is 15.8. The molecule has 10 heteroatoms. The van der Waals surface area contributed by atoms with Crippen molar-refractivity contribution in [2.24, 2.45) is 23.2 Å². The van der Waals surface area contributed by atoms with Gasteiger partial charge in [0.15, 0.2) is 0 Å². The van der Waals surface area contributed by atoms with Gasteiger partial charge in [-0.25, -0.2) is 8.42 Å². The van der Waals surface area contributed by atoms with E-state index in [4.69, 9.17) is 0 Å². The minimum absolute atomic E-state index is 0.0280. The van der Waals surface area contributed by atoms with Gasteiger partial charge in [-0.3, -0.25) is 0 Å². The summed E-state index contributed by atoms with van der Waals surface area (Å²) in [6.45, 7) is 2.29. The van der Waals surface area contributed by atoms with Crippen molar-refractivity contribution >= 4 is 9.84 Å². The highest BCUT2D eigenvalue weighted by Crippen LogP contribution is 2.63. The Hall–Kier alpha value is -1.42. The standard InChI is InChI=1S/C32H47F5O4S/c1-30-21-23(29-25-14-12-24(38)20-22(25)11-13-26(29)27(30)15-16-28(30)39)10-7-5-3-2-4-6-8-18-42(40,41)19-9-17-31(33,34)32(35,36)37/h12,14,20,23,26-29,38-39H,2-11,13,15-19,21H2,1H3/t23-,26-,27-,28-,29+,30-/m0/s1. The predicted molar refractivity (Wildman–Crippen MR) is 153 cm³/mol. The van der Waals surface area contributed by atoms with Crippen molar-refractivity contribution in [3.05, 3.63) is 29.3 Å². The number of aryl methyl sites for hydroxylation is 1. The molecule has 0 amide bonds. The largest absolute Gasteiger partial charge is 0.508 e. The number of halogens is 5. The number of benzene rings is 1. The van der Waals surface area contributed by atoms with Crippen LogP contribution in [0.25, 0.3) is 0 Å². The fraction of sp³-hybridized carbons (Fsp3) is 0.812. The van der Waals surface area contributed by atoms with E-state index in [-0.39, 0.29) is 17.3 Å². The van der Waals surface area contributed by atoms with Crippen LogP contribution in [0.15, 0.2) is 18.2 Å². The molecule has 4 nitrogen and oxygen atoms in total. The molecule has 240 valence electrons. The molecule has 0 bridgehead atoms. The summed E-state index contributed by atoms with van der Waals surface area (Å²) >= 11 is 0. The van der Waals surface area contributed by atoms with Gasteiger partial charge in [-0.15, -0.1) is 0 Å². The molecule has 2 N–H and O–H groups in total. The molecule has 0 saturated heterocycles. The summed E-state index contributed by atoms with van der Waals surface area (Å²) in [5.41, 5.74) is 2.63. The van der Waals surface area contributed by atoms with E-state index in [1.807, 2.05) is 12.1 Å². The second-order valence-corrected chi connectivity index (χ2v) is 15.8. The van der Waals surface area contributed by atoms with E-state index in [9.17, 15) is 40.6 Å². The number of aromatic hydroxyl groups is 1. The Morgan fingerprint density at radius 1 is 0.905 bits per heavy atom. The number of phenolic OH excluding ortho intramolecular Hbond substituents is 1. The molecule has 1 aromatic carbocycles. The maximum Gasteiger partial charge on any atom is 0.453 e. The van der Waals surface area contributed by atoms with Gasteiger partial charge in [0.25, 0.3) is 0 Å². The minimum atomic E-state index is -5.65. The maximum absolute atomic E-state index is 13.0. The smallest absolute Gasteiger partial charge is 0.453 e. The van der Waals surface area contributed by atoms with Gasteiger partial charge in [0.2, 0.25) is 0 Å². The first-order valence-corrected chi connectivity index (χ1v) is 17.6. The third kappa shape index (κ3) is 7.62. The summed E-state index contributed by atoms with van der Waals surface area (Å²) in [6, 6.07) is 5.87. The lowest BCUT2D eigenvalue weighted by Crippen LogP contribution is -2.47. The number of alkyl halides is 5. The third-order valence-corrected chi connectivity index (χ3v) is 12.5. The van der Waals surface area contributed by atoms with Crippen LogP contribution in [0.3, 0.4) is 0 Å². The molecule has 2 fully saturated rings. The zero-order valence-corrected chi connectivity index (χ0v) is 25.5. The molecule has 4 rings (SSSR count). The van der Waals surface area contributed by atoms with Crippen molar-refractivity contribution < 1.29 is 40.6 Å². The average Bonchev–Trinajstić information content (AvgIpc) is 3.20. The molecular formula is C32H47F5O4S. The van der Waals surface area contributed by atoms with Crippen LogP contribution in [0.5, 0.6) is 5.75 Å². The van der Waals surface area contributed by atoms with Crippen molar-refractivity contribution in [3.8, 4) is 5.75 Å². The number of aliphatic hydroxyl groups excluding tert-OH is 1. The highest BCUT2D eigenvalue weighted by Gasteiger charge is 2.58. The van der Waals surface area contributed by atoms with Gasteiger partial charge in [-0.2, -0.15) is 22.0 Å². The topological polar surface area (TPSA) is 74.6 Å². The fourth-order valence-corrected chi connectivity index (χ4v) is 9.93. The van der Waals surface area contributed by atoms with E-state index in [0.717, 1.165) is 70.6 Å². The van der Waals surface area contributed by atoms with Gasteiger partial charge in [0.1, 0.15) is 15.6 Å². The molecule has 3 aliphatic rings. The first kappa shape index (κ1) is 33.5.